The molecule has 0 aliphatic carbocycles. The van der Waals surface area contributed by atoms with Crippen LogP contribution in [0.5, 0.6) is 0 Å². The van der Waals surface area contributed by atoms with Crippen molar-refractivity contribution in [2.75, 3.05) is 6.54 Å². The van der Waals surface area contributed by atoms with Crippen LogP contribution >= 0.6 is 11.6 Å². The number of nitrogens with one attached hydrogen (secondary N) is 2. The van der Waals surface area contributed by atoms with Crippen molar-refractivity contribution in [1.29, 1.82) is 0 Å². The number of carbonyl (C=O) groups excluding carboxylic acids is 1. The van der Waals surface area contributed by atoms with Crippen molar-refractivity contribution in [2.24, 2.45) is 0 Å². The summed E-state index contributed by atoms with van der Waals surface area (Å²) in [6.45, 7) is 0.0668. The van der Waals surface area contributed by atoms with E-state index in [1.165, 1.54) is 0 Å². The molecule has 0 saturated heterocycles. The van der Waals surface area contributed by atoms with Gasteiger partial charge in [-0.3, -0.25) is 5.10 Å². The van der Waals surface area contributed by atoms with E-state index in [4.69, 9.17) is 11.6 Å². The maximum absolute atomic E-state index is 12.2. The molecule has 0 radical (unpaired) electrons. The third kappa shape index (κ3) is 2.93. The number of nitrogens with zero attached hydrogens (tertiary/aromatic N) is 1. The number of aldehydes is 1. The molecule has 0 spiro atoms. The van der Waals surface area contributed by atoms with Crippen molar-refractivity contribution in [1.82, 2.24) is 15.5 Å². The highest BCUT2D eigenvalue weighted by atomic mass is 35.5. The second-order valence-electron chi connectivity index (χ2n) is 2.66. The summed E-state index contributed by atoms with van der Waals surface area (Å²) in [5.74, 6) is 0. The number of halogens is 4. The third-order valence-electron chi connectivity index (χ3n) is 1.57. The summed E-state index contributed by atoms with van der Waals surface area (Å²) in [4.78, 5) is 9.94. The van der Waals surface area contributed by atoms with Crippen LogP contribution in [0.25, 0.3) is 0 Å². The van der Waals surface area contributed by atoms with E-state index in [1.54, 1.807) is 0 Å². The standard InChI is InChI=1S/C7H7ClF3N3O/c8-5-4(3-12-1-2-15)13-14-6(5)7(9,10)11/h2,12H,1,3H2,(H,13,14). The lowest BCUT2D eigenvalue weighted by molar-refractivity contribution is -0.141. The molecular weight excluding hydrogens is 235 g/mol. The maximum atomic E-state index is 12.2. The largest absolute Gasteiger partial charge is 0.436 e. The SMILES string of the molecule is O=CCNCc1[nH]nc(C(F)(F)F)c1Cl. The van der Waals surface area contributed by atoms with Crippen molar-refractivity contribution in [3.63, 3.8) is 0 Å². The highest BCUT2D eigenvalue weighted by Gasteiger charge is 2.37. The van der Waals surface area contributed by atoms with Crippen LogP contribution in [-0.4, -0.2) is 23.0 Å². The molecule has 1 aromatic heterocycles. The van der Waals surface area contributed by atoms with E-state index in [9.17, 15) is 18.0 Å². The monoisotopic (exact) mass is 241 g/mol. The molecule has 0 aliphatic rings. The zero-order chi connectivity index (χ0) is 11.5. The van der Waals surface area contributed by atoms with Crippen LogP contribution in [0.3, 0.4) is 0 Å². The summed E-state index contributed by atoms with van der Waals surface area (Å²) in [6.07, 6.45) is -3.98. The maximum Gasteiger partial charge on any atom is 0.436 e. The molecule has 2 N–H and O–H groups in total. The first-order valence-electron chi connectivity index (χ1n) is 3.91. The van der Waals surface area contributed by atoms with Crippen molar-refractivity contribution in [3.8, 4) is 0 Å². The molecule has 1 rings (SSSR count). The van der Waals surface area contributed by atoms with Crippen molar-refractivity contribution >= 4 is 17.9 Å². The summed E-state index contributed by atoms with van der Waals surface area (Å²) in [7, 11) is 0. The summed E-state index contributed by atoms with van der Waals surface area (Å²) in [5.41, 5.74) is -1.04. The molecule has 84 valence electrons. The van der Waals surface area contributed by atoms with Gasteiger partial charge in [-0.15, -0.1) is 0 Å². The summed E-state index contributed by atoms with van der Waals surface area (Å²) in [5, 5.41) is 7.31. The van der Waals surface area contributed by atoms with Gasteiger partial charge < -0.3 is 10.1 Å². The molecule has 0 unspecified atom stereocenters. The lowest BCUT2D eigenvalue weighted by Crippen LogP contribution is -2.16. The molecule has 0 saturated carbocycles. The molecule has 8 heteroatoms. The fourth-order valence-electron chi connectivity index (χ4n) is 0.926. The molecule has 1 heterocycles. The molecule has 0 amide bonds. The molecule has 0 fully saturated rings. The Hall–Kier alpha value is -1.08. The Labute approximate surface area is 87.8 Å². The van der Waals surface area contributed by atoms with Gasteiger partial charge in [0.15, 0.2) is 5.69 Å². The molecule has 0 atom stereocenters. The van der Waals surface area contributed by atoms with Gasteiger partial charge in [-0.25, -0.2) is 0 Å². The van der Waals surface area contributed by atoms with Gasteiger partial charge in [0, 0.05) is 6.54 Å². The number of rotatable bonds is 4. The Morgan fingerprint density at radius 2 is 2.20 bits per heavy atom. The van der Waals surface area contributed by atoms with Gasteiger partial charge in [-0.1, -0.05) is 11.6 Å². The number of aromatic nitrogens is 2. The van der Waals surface area contributed by atoms with Crippen LogP contribution in [0.2, 0.25) is 5.02 Å². The van der Waals surface area contributed by atoms with Gasteiger partial charge in [0.05, 0.1) is 17.3 Å². The predicted molar refractivity (Wildman–Crippen MR) is 46.4 cm³/mol. The predicted octanol–water partition coefficient (Wildman–Crippen LogP) is 1.37. The first kappa shape index (κ1) is 12.0. The number of hydrogen-bond donors (Lipinski definition) is 2. The van der Waals surface area contributed by atoms with Crippen LogP contribution in [-0.2, 0) is 17.5 Å². The zero-order valence-corrected chi connectivity index (χ0v) is 8.11. The second kappa shape index (κ2) is 4.63. The summed E-state index contributed by atoms with van der Waals surface area (Å²) >= 11 is 5.45. The zero-order valence-electron chi connectivity index (χ0n) is 7.36. The molecule has 4 nitrogen and oxygen atoms in total. The van der Waals surface area contributed by atoms with Gasteiger partial charge in [-0.05, 0) is 0 Å². The normalized spacial score (nSPS) is 11.7. The average Bonchev–Trinajstić information content (AvgIpc) is 2.47. The van der Waals surface area contributed by atoms with Gasteiger partial charge in [0.1, 0.15) is 6.29 Å². The number of alkyl halides is 3. The van der Waals surface area contributed by atoms with E-state index < -0.39 is 16.9 Å². The van der Waals surface area contributed by atoms with Gasteiger partial charge in [0.25, 0.3) is 0 Å². The van der Waals surface area contributed by atoms with Gasteiger partial charge >= 0.3 is 6.18 Å². The quantitative estimate of drug-likeness (QED) is 0.618. The minimum atomic E-state index is -4.57. The Morgan fingerprint density at radius 3 is 2.67 bits per heavy atom. The van der Waals surface area contributed by atoms with Crippen LogP contribution < -0.4 is 5.32 Å². The summed E-state index contributed by atoms with van der Waals surface area (Å²) < 4.78 is 36.6. The van der Waals surface area contributed by atoms with Crippen LogP contribution in [0.1, 0.15) is 11.4 Å². The molecule has 15 heavy (non-hydrogen) atoms. The fraction of sp³-hybridized carbons (Fsp3) is 0.429. The molecule has 0 aliphatic heterocycles. The van der Waals surface area contributed by atoms with Crippen molar-refractivity contribution in [3.05, 3.63) is 16.4 Å². The lowest BCUT2D eigenvalue weighted by Gasteiger charge is -2.02. The molecule has 0 bridgehead atoms. The van der Waals surface area contributed by atoms with Gasteiger partial charge in [0.2, 0.25) is 0 Å². The Bertz CT molecular complexity index is 350. The highest BCUT2D eigenvalue weighted by molar-refractivity contribution is 6.31. The van der Waals surface area contributed by atoms with Crippen LogP contribution in [0, 0.1) is 0 Å². The van der Waals surface area contributed by atoms with Crippen LogP contribution in [0.4, 0.5) is 13.2 Å². The Kier molecular flexibility index (Phi) is 3.70. The minimum absolute atomic E-state index is 0.0284. The number of carbonyl (C=O) groups is 1. The van der Waals surface area contributed by atoms with E-state index in [1.807, 2.05) is 0 Å². The molecule has 1 aromatic rings. The lowest BCUT2D eigenvalue weighted by atomic mass is 10.3. The fourth-order valence-corrected chi connectivity index (χ4v) is 1.18. The number of hydrogen-bond acceptors (Lipinski definition) is 3. The first-order chi connectivity index (χ1) is 6.96. The van der Waals surface area contributed by atoms with Crippen LogP contribution in [0.15, 0.2) is 0 Å². The molecular formula is C7H7ClF3N3O. The smallest absolute Gasteiger partial charge is 0.305 e. The minimum Gasteiger partial charge on any atom is -0.305 e. The van der Waals surface area contributed by atoms with Crippen molar-refractivity contribution in [2.45, 2.75) is 12.7 Å². The number of aromatic amines is 1. The van der Waals surface area contributed by atoms with E-state index in [0.29, 0.717) is 6.29 Å². The average molecular weight is 242 g/mol. The highest BCUT2D eigenvalue weighted by Crippen LogP contribution is 2.34. The van der Waals surface area contributed by atoms with Gasteiger partial charge in [-0.2, -0.15) is 18.3 Å². The van der Waals surface area contributed by atoms with E-state index in [-0.39, 0.29) is 18.8 Å². The third-order valence-corrected chi connectivity index (χ3v) is 1.98. The summed E-state index contributed by atoms with van der Waals surface area (Å²) in [6, 6.07) is 0. The second-order valence-corrected chi connectivity index (χ2v) is 3.04. The Balaban J connectivity index is 2.76. The number of H-pyrrole nitrogens is 1. The van der Waals surface area contributed by atoms with E-state index in [0.717, 1.165) is 0 Å². The Morgan fingerprint density at radius 1 is 1.53 bits per heavy atom. The molecule has 0 aromatic carbocycles. The van der Waals surface area contributed by atoms with Crippen molar-refractivity contribution < 1.29 is 18.0 Å². The van der Waals surface area contributed by atoms with E-state index in [2.05, 4.69) is 15.5 Å². The topological polar surface area (TPSA) is 57.8 Å². The van der Waals surface area contributed by atoms with E-state index >= 15 is 0 Å². The first-order valence-corrected chi connectivity index (χ1v) is 4.29.